The number of aromatic nitrogens is 1. The molecule has 1 aromatic carbocycles. The first-order valence-corrected chi connectivity index (χ1v) is 12.3. The molecule has 1 unspecified atom stereocenters. The number of carbonyl (C=O) groups excluding carboxylic acids is 3. The van der Waals surface area contributed by atoms with Crippen molar-refractivity contribution >= 4 is 40.6 Å². The Bertz CT molecular complexity index is 1030. The number of aryl methyl sites for hydroxylation is 2. The van der Waals surface area contributed by atoms with Crippen molar-refractivity contribution < 1.29 is 14.4 Å². The molecule has 1 saturated carbocycles. The van der Waals surface area contributed by atoms with Gasteiger partial charge in [-0.15, -0.1) is 0 Å². The highest BCUT2D eigenvalue weighted by Crippen LogP contribution is 2.31. The second kappa shape index (κ2) is 10.8. The Kier molecular flexibility index (Phi) is 8.07. The molecule has 178 valence electrons. The molecule has 0 aliphatic heterocycles. The van der Waals surface area contributed by atoms with Crippen LogP contribution in [0.25, 0.3) is 0 Å². The Hall–Kier alpha value is -2.94. The van der Waals surface area contributed by atoms with Crippen molar-refractivity contribution in [3.63, 3.8) is 0 Å². The van der Waals surface area contributed by atoms with E-state index in [4.69, 9.17) is 11.5 Å². The van der Waals surface area contributed by atoms with Crippen molar-refractivity contribution in [1.29, 1.82) is 0 Å². The van der Waals surface area contributed by atoms with Gasteiger partial charge in [0.1, 0.15) is 10.9 Å². The van der Waals surface area contributed by atoms with Crippen molar-refractivity contribution in [1.82, 2.24) is 9.69 Å². The first kappa shape index (κ1) is 24.7. The minimum absolute atomic E-state index is 0.0433. The lowest BCUT2D eigenvalue weighted by Gasteiger charge is -2.33. The van der Waals surface area contributed by atoms with Crippen LogP contribution in [0.1, 0.15) is 83.2 Å². The number of nitrogens with one attached hydrogen (secondary N) is 1. The van der Waals surface area contributed by atoms with E-state index in [1.54, 1.807) is 0 Å². The van der Waals surface area contributed by atoms with E-state index in [0.29, 0.717) is 12.1 Å². The van der Waals surface area contributed by atoms with E-state index in [9.17, 15) is 14.4 Å². The molecular formula is C24H33N5O3S. The van der Waals surface area contributed by atoms with E-state index in [1.165, 1.54) is 4.90 Å². The summed E-state index contributed by atoms with van der Waals surface area (Å²) in [4.78, 5) is 40.7. The lowest BCUT2D eigenvalue weighted by atomic mass is 10.0. The molecule has 1 aromatic heterocycles. The highest BCUT2D eigenvalue weighted by molar-refractivity contribution is 7.09. The van der Waals surface area contributed by atoms with Crippen LogP contribution >= 0.6 is 11.5 Å². The third kappa shape index (κ3) is 5.52. The molecule has 0 radical (unpaired) electrons. The summed E-state index contributed by atoms with van der Waals surface area (Å²) < 4.78 is 4.00. The largest absolute Gasteiger partial charge is 0.395 e. The maximum atomic E-state index is 13.9. The van der Waals surface area contributed by atoms with Crippen molar-refractivity contribution in [2.45, 2.75) is 77.8 Å². The maximum absolute atomic E-state index is 13.9. The second-order valence-electron chi connectivity index (χ2n) is 8.75. The smallest absolute Gasteiger partial charge is 0.272 e. The minimum Gasteiger partial charge on any atom is -0.395 e. The molecule has 1 heterocycles. The van der Waals surface area contributed by atoms with E-state index < -0.39 is 17.9 Å². The van der Waals surface area contributed by atoms with Gasteiger partial charge in [-0.1, -0.05) is 44.7 Å². The summed E-state index contributed by atoms with van der Waals surface area (Å²) in [5, 5.41) is 3.17. The van der Waals surface area contributed by atoms with Crippen LogP contribution in [0.15, 0.2) is 18.2 Å². The van der Waals surface area contributed by atoms with E-state index in [2.05, 4.69) is 16.6 Å². The predicted molar refractivity (Wildman–Crippen MR) is 131 cm³/mol. The summed E-state index contributed by atoms with van der Waals surface area (Å²) in [5.74, 6) is -1.40. The molecule has 2 aromatic rings. The number of nitrogens with two attached hydrogens (primary N) is 2. The van der Waals surface area contributed by atoms with E-state index >= 15 is 0 Å². The number of nitrogens with zero attached hydrogens (tertiary/aromatic N) is 2. The fourth-order valence-corrected chi connectivity index (χ4v) is 5.02. The Morgan fingerprint density at radius 3 is 2.55 bits per heavy atom. The first-order chi connectivity index (χ1) is 15.7. The number of hydrogen-bond donors (Lipinski definition) is 3. The molecule has 9 heteroatoms. The van der Waals surface area contributed by atoms with Gasteiger partial charge in [0.2, 0.25) is 5.91 Å². The minimum atomic E-state index is -0.789. The summed E-state index contributed by atoms with van der Waals surface area (Å²) >= 11 is 0.833. The summed E-state index contributed by atoms with van der Waals surface area (Å²) in [7, 11) is 0. The maximum Gasteiger partial charge on any atom is 0.272 e. The number of anilines is 2. The molecule has 5 N–H and O–H groups in total. The zero-order valence-electron chi connectivity index (χ0n) is 19.5. The van der Waals surface area contributed by atoms with Gasteiger partial charge < -0.3 is 16.8 Å². The summed E-state index contributed by atoms with van der Waals surface area (Å²) in [6.07, 6.45) is 6.27. The Morgan fingerprint density at radius 2 is 1.94 bits per heavy atom. The van der Waals surface area contributed by atoms with E-state index in [-0.39, 0.29) is 28.2 Å². The molecule has 8 nitrogen and oxygen atoms in total. The highest BCUT2D eigenvalue weighted by Gasteiger charge is 2.36. The monoisotopic (exact) mass is 471 g/mol. The summed E-state index contributed by atoms with van der Waals surface area (Å²) in [6, 6.07) is 5.22. The number of rotatable bonds is 9. The number of primary amides is 1. The van der Waals surface area contributed by atoms with Crippen LogP contribution in [0.2, 0.25) is 0 Å². The van der Waals surface area contributed by atoms with Gasteiger partial charge in [0.05, 0.1) is 5.69 Å². The number of amides is 3. The molecule has 1 atom stereocenters. The quantitative estimate of drug-likeness (QED) is 0.513. The van der Waals surface area contributed by atoms with Crippen LogP contribution < -0.4 is 21.7 Å². The third-order valence-electron chi connectivity index (χ3n) is 6.15. The molecule has 0 saturated heterocycles. The summed E-state index contributed by atoms with van der Waals surface area (Å²) in [6.45, 7) is 5.90. The molecular weight excluding hydrogens is 438 g/mol. The molecule has 0 bridgehead atoms. The van der Waals surface area contributed by atoms with Crippen LogP contribution in [0.3, 0.4) is 0 Å². The van der Waals surface area contributed by atoms with Crippen molar-refractivity contribution in [3.8, 4) is 0 Å². The van der Waals surface area contributed by atoms with Crippen molar-refractivity contribution in [2.75, 3.05) is 10.6 Å². The van der Waals surface area contributed by atoms with Crippen LogP contribution in [-0.2, 0) is 4.79 Å². The topological polar surface area (TPSA) is 131 Å². The van der Waals surface area contributed by atoms with Crippen LogP contribution in [0, 0.1) is 13.8 Å². The Morgan fingerprint density at radius 1 is 1.24 bits per heavy atom. The molecule has 33 heavy (non-hydrogen) atoms. The van der Waals surface area contributed by atoms with Crippen LogP contribution in [-0.4, -0.2) is 34.2 Å². The number of unbranched alkanes of at least 4 members (excludes halogenated alkanes) is 1. The van der Waals surface area contributed by atoms with Gasteiger partial charge in [0, 0.05) is 11.7 Å². The zero-order valence-corrected chi connectivity index (χ0v) is 20.3. The van der Waals surface area contributed by atoms with Gasteiger partial charge in [0.25, 0.3) is 11.8 Å². The molecule has 3 amide bonds. The normalized spacial score (nSPS) is 14.8. The Labute approximate surface area is 198 Å². The molecule has 0 spiro atoms. The van der Waals surface area contributed by atoms with Gasteiger partial charge in [-0.25, -0.2) is 0 Å². The second-order valence-corrected chi connectivity index (χ2v) is 9.52. The lowest BCUT2D eigenvalue weighted by Crippen LogP contribution is -2.52. The highest BCUT2D eigenvalue weighted by atomic mass is 32.1. The first-order valence-electron chi connectivity index (χ1n) is 11.5. The van der Waals surface area contributed by atoms with Crippen LogP contribution in [0.4, 0.5) is 11.4 Å². The molecule has 1 aliphatic carbocycles. The van der Waals surface area contributed by atoms with Gasteiger partial charge in [-0.05, 0) is 61.8 Å². The number of hydrogen-bond acceptors (Lipinski definition) is 6. The van der Waals surface area contributed by atoms with Crippen LogP contribution in [0.5, 0.6) is 0 Å². The molecule has 3 rings (SSSR count). The fourth-order valence-electron chi connectivity index (χ4n) is 4.28. The average molecular weight is 472 g/mol. The van der Waals surface area contributed by atoms with Gasteiger partial charge in [-0.3, -0.25) is 19.3 Å². The molecule has 1 aliphatic rings. The predicted octanol–water partition coefficient (Wildman–Crippen LogP) is 3.71. The van der Waals surface area contributed by atoms with Gasteiger partial charge in [-0.2, -0.15) is 4.37 Å². The summed E-state index contributed by atoms with van der Waals surface area (Å²) in [5.41, 5.74) is 13.8. The third-order valence-corrected chi connectivity index (χ3v) is 7.00. The van der Waals surface area contributed by atoms with Gasteiger partial charge in [0.15, 0.2) is 5.69 Å². The zero-order chi connectivity index (χ0) is 24.1. The van der Waals surface area contributed by atoms with Gasteiger partial charge >= 0.3 is 0 Å². The molecule has 1 fully saturated rings. The Balaban J connectivity index is 2.08. The lowest BCUT2D eigenvalue weighted by molar-refractivity contribution is -0.123. The van der Waals surface area contributed by atoms with Crippen molar-refractivity contribution in [2.24, 2.45) is 5.73 Å². The average Bonchev–Trinajstić information content (AvgIpc) is 3.42. The standard InChI is InChI=1S/C24H33N5O3S/c1-4-5-10-17(23(31)27-16-8-6-7-9-16)29(18-13-14(2)11-12-15(18)3)24(32)21-19(25)20(22(26)30)28-33-21/h11-13,16-17H,4-10,25H2,1-3H3,(H2,26,30)(H,27,31). The number of carbonyl (C=O) groups is 3. The number of nitrogen functional groups attached to an aromatic ring is 1. The number of benzene rings is 1. The van der Waals surface area contributed by atoms with E-state index in [0.717, 1.165) is 61.2 Å². The van der Waals surface area contributed by atoms with Crippen molar-refractivity contribution in [3.05, 3.63) is 39.9 Å². The fraction of sp³-hybridized carbons (Fsp3) is 0.500. The SMILES string of the molecule is CCCCC(C(=O)NC1CCCC1)N(C(=O)c1snc(C(N)=O)c1N)c1cc(C)ccc1C. The van der Waals surface area contributed by atoms with E-state index in [1.807, 2.05) is 32.0 Å².